The van der Waals surface area contributed by atoms with Crippen LogP contribution < -0.4 is 10.5 Å². The summed E-state index contributed by atoms with van der Waals surface area (Å²) in [5.41, 5.74) is 6.96. The van der Waals surface area contributed by atoms with Crippen LogP contribution in [0.1, 0.15) is 19.8 Å². The van der Waals surface area contributed by atoms with Crippen molar-refractivity contribution in [1.82, 2.24) is 9.71 Å². The van der Waals surface area contributed by atoms with E-state index in [0.717, 1.165) is 5.52 Å². The lowest BCUT2D eigenvalue weighted by Crippen LogP contribution is -2.34. The van der Waals surface area contributed by atoms with Gasteiger partial charge in [0.2, 0.25) is 10.0 Å². The largest absolute Gasteiger partial charge is 0.399 e. The zero-order valence-corrected chi connectivity index (χ0v) is 12.0. The number of benzene rings is 1. The van der Waals surface area contributed by atoms with E-state index in [1.54, 1.807) is 18.2 Å². The molecule has 1 aromatic heterocycles. The number of nitrogens with one attached hydrogen (secondary N) is 2. The molecule has 0 aliphatic rings. The van der Waals surface area contributed by atoms with Gasteiger partial charge in [-0.1, -0.05) is 6.92 Å². The Kier molecular flexibility index (Phi) is 4.02. The number of rotatable bonds is 5. The molecule has 0 spiro atoms. The third kappa shape index (κ3) is 2.79. The van der Waals surface area contributed by atoms with E-state index in [4.69, 9.17) is 12.2 Å². The maximum Gasteiger partial charge on any atom is 0.242 e. The van der Waals surface area contributed by atoms with Gasteiger partial charge in [-0.05, 0) is 24.6 Å². The molecule has 0 bridgehead atoms. The van der Waals surface area contributed by atoms with Crippen molar-refractivity contribution in [2.24, 2.45) is 0 Å². The molecule has 1 heterocycles. The standard InChI is InChI=1S/C14H17N3O2S/c1-3-5-11(4-2)17-20(18,19)14-9-16-13-7-6-10(15)8-12(13)14/h1,6-9,11,16-17H,4-5,15H2,2H3. The Labute approximate surface area is 118 Å². The Morgan fingerprint density at radius 3 is 2.90 bits per heavy atom. The third-order valence-electron chi connectivity index (χ3n) is 3.14. The zero-order chi connectivity index (χ0) is 14.8. The van der Waals surface area contributed by atoms with Gasteiger partial charge < -0.3 is 10.7 Å². The number of nitrogen functional groups attached to an aromatic ring is 1. The molecule has 20 heavy (non-hydrogen) atoms. The number of hydrogen-bond donors (Lipinski definition) is 3. The fraction of sp³-hybridized carbons (Fsp3) is 0.286. The van der Waals surface area contributed by atoms with Gasteiger partial charge in [0.15, 0.2) is 0 Å². The third-order valence-corrected chi connectivity index (χ3v) is 4.70. The predicted octanol–water partition coefficient (Wildman–Crippen LogP) is 1.83. The maximum absolute atomic E-state index is 12.4. The van der Waals surface area contributed by atoms with Gasteiger partial charge in [0.1, 0.15) is 4.90 Å². The minimum atomic E-state index is -3.63. The molecule has 0 saturated carbocycles. The van der Waals surface area contributed by atoms with Crippen molar-refractivity contribution in [3.8, 4) is 12.3 Å². The minimum Gasteiger partial charge on any atom is -0.399 e. The summed E-state index contributed by atoms with van der Waals surface area (Å²) in [6, 6.07) is 4.84. The minimum absolute atomic E-state index is 0.190. The number of sulfonamides is 1. The van der Waals surface area contributed by atoms with Gasteiger partial charge in [0.05, 0.1) is 0 Å². The lowest BCUT2D eigenvalue weighted by atomic mass is 10.2. The summed E-state index contributed by atoms with van der Waals surface area (Å²) < 4.78 is 27.5. The van der Waals surface area contributed by atoms with E-state index in [9.17, 15) is 8.42 Å². The second-order valence-electron chi connectivity index (χ2n) is 4.59. The van der Waals surface area contributed by atoms with Crippen molar-refractivity contribution >= 4 is 26.6 Å². The van der Waals surface area contributed by atoms with E-state index < -0.39 is 10.0 Å². The monoisotopic (exact) mass is 291 g/mol. The molecule has 1 aromatic carbocycles. The van der Waals surface area contributed by atoms with Crippen molar-refractivity contribution < 1.29 is 8.42 Å². The predicted molar refractivity (Wildman–Crippen MR) is 80.6 cm³/mol. The SMILES string of the molecule is C#CCC(CC)NS(=O)(=O)c1c[nH]c2ccc(N)cc12. The molecule has 6 heteroatoms. The van der Waals surface area contributed by atoms with Gasteiger partial charge in [-0.25, -0.2) is 13.1 Å². The molecular formula is C14H17N3O2S. The Bertz CT molecular complexity index is 756. The first kappa shape index (κ1) is 14.4. The van der Waals surface area contributed by atoms with Crippen LogP contribution in [0.3, 0.4) is 0 Å². The topological polar surface area (TPSA) is 88.0 Å². The van der Waals surface area contributed by atoms with Gasteiger partial charge in [-0.2, -0.15) is 0 Å². The van der Waals surface area contributed by atoms with Crippen molar-refractivity contribution in [3.05, 3.63) is 24.4 Å². The normalized spacial score (nSPS) is 13.2. The van der Waals surface area contributed by atoms with Crippen molar-refractivity contribution in [1.29, 1.82) is 0 Å². The average molecular weight is 291 g/mol. The highest BCUT2D eigenvalue weighted by Gasteiger charge is 2.22. The van der Waals surface area contributed by atoms with E-state index in [0.29, 0.717) is 23.9 Å². The molecule has 2 aromatic rings. The number of anilines is 1. The summed E-state index contributed by atoms with van der Waals surface area (Å²) in [5.74, 6) is 2.48. The molecule has 0 radical (unpaired) electrons. The summed E-state index contributed by atoms with van der Waals surface area (Å²) in [7, 11) is -3.63. The number of hydrogen-bond acceptors (Lipinski definition) is 3. The van der Waals surface area contributed by atoms with Crippen molar-refractivity contribution in [3.63, 3.8) is 0 Å². The van der Waals surface area contributed by atoms with Gasteiger partial charge in [-0.15, -0.1) is 12.3 Å². The number of terminal acetylenes is 1. The average Bonchev–Trinajstić information content (AvgIpc) is 2.81. The van der Waals surface area contributed by atoms with Crippen LogP contribution in [-0.4, -0.2) is 19.4 Å². The lowest BCUT2D eigenvalue weighted by molar-refractivity contribution is 0.545. The molecule has 0 aliphatic carbocycles. The Balaban J connectivity index is 2.42. The molecular weight excluding hydrogens is 274 g/mol. The summed E-state index contributed by atoms with van der Waals surface area (Å²) in [6.45, 7) is 1.89. The Morgan fingerprint density at radius 2 is 2.25 bits per heavy atom. The van der Waals surface area contributed by atoms with Crippen LogP contribution >= 0.6 is 0 Å². The van der Waals surface area contributed by atoms with Crippen LogP contribution in [0.15, 0.2) is 29.3 Å². The van der Waals surface area contributed by atoms with Gasteiger partial charge in [0.25, 0.3) is 0 Å². The molecule has 1 unspecified atom stereocenters. The van der Waals surface area contributed by atoms with Crippen LogP contribution in [-0.2, 0) is 10.0 Å². The molecule has 1 atom stereocenters. The van der Waals surface area contributed by atoms with E-state index in [2.05, 4.69) is 15.6 Å². The molecule has 2 rings (SSSR count). The molecule has 0 amide bonds. The van der Waals surface area contributed by atoms with Gasteiger partial charge in [-0.3, -0.25) is 0 Å². The van der Waals surface area contributed by atoms with E-state index >= 15 is 0 Å². The quantitative estimate of drug-likeness (QED) is 0.580. The second-order valence-corrected chi connectivity index (χ2v) is 6.28. The highest BCUT2D eigenvalue weighted by molar-refractivity contribution is 7.89. The van der Waals surface area contributed by atoms with Gasteiger partial charge >= 0.3 is 0 Å². The number of aromatic nitrogens is 1. The first-order valence-corrected chi connectivity index (χ1v) is 7.78. The Hall–Kier alpha value is -1.97. The van der Waals surface area contributed by atoms with Gasteiger partial charge in [0, 0.05) is 35.2 Å². The number of fused-ring (bicyclic) bond motifs is 1. The fourth-order valence-electron chi connectivity index (χ4n) is 2.03. The van der Waals surface area contributed by atoms with Crippen LogP contribution in [0.2, 0.25) is 0 Å². The summed E-state index contributed by atoms with van der Waals surface area (Å²) in [5, 5.41) is 0.577. The van der Waals surface area contributed by atoms with Crippen LogP contribution in [0, 0.1) is 12.3 Å². The van der Waals surface area contributed by atoms with E-state index in [1.165, 1.54) is 6.20 Å². The van der Waals surface area contributed by atoms with Crippen LogP contribution in [0.25, 0.3) is 10.9 Å². The molecule has 106 valence electrons. The second kappa shape index (κ2) is 5.57. The van der Waals surface area contributed by atoms with Crippen LogP contribution in [0.5, 0.6) is 0 Å². The maximum atomic E-state index is 12.4. The number of nitrogens with two attached hydrogens (primary N) is 1. The fourth-order valence-corrected chi connectivity index (χ4v) is 3.52. The van der Waals surface area contributed by atoms with Crippen LogP contribution in [0.4, 0.5) is 5.69 Å². The summed E-state index contributed by atoms with van der Waals surface area (Å²) in [4.78, 5) is 3.12. The lowest BCUT2D eigenvalue weighted by Gasteiger charge is -2.14. The first-order chi connectivity index (χ1) is 9.47. The summed E-state index contributed by atoms with van der Waals surface area (Å²) in [6.07, 6.45) is 7.71. The molecule has 4 N–H and O–H groups in total. The van der Waals surface area contributed by atoms with Crippen molar-refractivity contribution in [2.75, 3.05) is 5.73 Å². The first-order valence-electron chi connectivity index (χ1n) is 6.30. The molecule has 0 saturated heterocycles. The molecule has 0 aliphatic heterocycles. The molecule has 0 fully saturated rings. The highest BCUT2D eigenvalue weighted by Crippen LogP contribution is 2.25. The Morgan fingerprint density at radius 1 is 1.50 bits per heavy atom. The highest BCUT2D eigenvalue weighted by atomic mass is 32.2. The summed E-state index contributed by atoms with van der Waals surface area (Å²) >= 11 is 0. The zero-order valence-electron chi connectivity index (χ0n) is 11.2. The van der Waals surface area contributed by atoms with E-state index in [-0.39, 0.29) is 10.9 Å². The smallest absolute Gasteiger partial charge is 0.242 e. The number of aromatic amines is 1. The van der Waals surface area contributed by atoms with Crippen molar-refractivity contribution in [2.45, 2.75) is 30.7 Å². The number of H-pyrrole nitrogens is 1. The van der Waals surface area contributed by atoms with E-state index in [1.807, 2.05) is 6.92 Å². The molecule has 5 nitrogen and oxygen atoms in total.